The summed E-state index contributed by atoms with van der Waals surface area (Å²) in [7, 11) is 1.58. The first-order valence-electron chi connectivity index (χ1n) is 12.1. The Kier molecular flexibility index (Phi) is 7.75. The molecule has 0 aliphatic heterocycles. The molecule has 0 aliphatic carbocycles. The van der Waals surface area contributed by atoms with Crippen LogP contribution >= 0.6 is 11.6 Å². The van der Waals surface area contributed by atoms with Crippen LogP contribution in [0.15, 0.2) is 54.7 Å². The van der Waals surface area contributed by atoms with Gasteiger partial charge in [0.05, 0.1) is 41.6 Å². The molecule has 5 aromatic rings. The Labute approximate surface area is 228 Å². The average molecular weight is 550 g/mol. The first-order valence-corrected chi connectivity index (χ1v) is 12.5. The van der Waals surface area contributed by atoms with E-state index in [0.29, 0.717) is 42.0 Å². The molecule has 0 unspecified atom stereocenters. The molecule has 0 radical (unpaired) electrons. The van der Waals surface area contributed by atoms with Gasteiger partial charge in [-0.05, 0) is 37.3 Å². The van der Waals surface area contributed by atoms with Crippen LogP contribution in [0.25, 0.3) is 22.3 Å². The Morgan fingerprint density at radius 1 is 1.00 bits per heavy atom. The van der Waals surface area contributed by atoms with Gasteiger partial charge in [-0.25, -0.2) is 28.5 Å². The summed E-state index contributed by atoms with van der Waals surface area (Å²) < 4.78 is 22.4. The van der Waals surface area contributed by atoms with Crippen molar-refractivity contribution >= 4 is 28.5 Å². The van der Waals surface area contributed by atoms with Crippen LogP contribution in [0.5, 0.6) is 0 Å². The van der Waals surface area contributed by atoms with Crippen molar-refractivity contribution in [1.82, 2.24) is 45.1 Å². The van der Waals surface area contributed by atoms with Gasteiger partial charge in [0, 0.05) is 31.2 Å². The highest BCUT2D eigenvalue weighted by Gasteiger charge is 2.16. The van der Waals surface area contributed by atoms with Crippen LogP contribution < -0.4 is 10.6 Å². The second-order valence-electron chi connectivity index (χ2n) is 8.60. The lowest BCUT2D eigenvalue weighted by molar-refractivity contribution is 0.200. The quantitative estimate of drug-likeness (QED) is 0.287. The number of benzene rings is 2. The highest BCUT2D eigenvalue weighted by Crippen LogP contribution is 2.20. The third-order valence-electron chi connectivity index (χ3n) is 5.82. The standard InChI is InChI=1S/C26H25ClFN9O2/c1-16-32-24(36(34-16)19-6-5-17-4-3-10-29-22(17)13-19)14-30-26(38)31-15-25-33-23(9-11-39-2)35-37(25)18-7-8-20(27)21(28)12-18/h3-8,10,12-13H,9,11,14-15H2,1-2H3,(H2,30,31,38). The number of nitrogens with one attached hydrogen (secondary N) is 2. The van der Waals surface area contributed by atoms with E-state index in [1.165, 1.54) is 16.8 Å². The summed E-state index contributed by atoms with van der Waals surface area (Å²) in [5.41, 5.74) is 2.04. The maximum absolute atomic E-state index is 14.1. The van der Waals surface area contributed by atoms with Crippen molar-refractivity contribution in [2.45, 2.75) is 26.4 Å². The molecule has 3 aromatic heterocycles. The lowest BCUT2D eigenvalue weighted by atomic mass is 10.2. The summed E-state index contributed by atoms with van der Waals surface area (Å²) in [5, 5.41) is 15.5. The van der Waals surface area contributed by atoms with Gasteiger partial charge in [0.1, 0.15) is 11.6 Å². The summed E-state index contributed by atoms with van der Waals surface area (Å²) in [5.74, 6) is 1.46. The molecule has 0 saturated carbocycles. The van der Waals surface area contributed by atoms with Crippen molar-refractivity contribution < 1.29 is 13.9 Å². The molecule has 0 fully saturated rings. The van der Waals surface area contributed by atoms with E-state index in [2.05, 4.69) is 35.8 Å². The number of fused-ring (bicyclic) bond motifs is 1. The first kappa shape index (κ1) is 26.2. The van der Waals surface area contributed by atoms with Gasteiger partial charge < -0.3 is 15.4 Å². The zero-order valence-electron chi connectivity index (χ0n) is 21.2. The molecule has 2 N–H and O–H groups in total. The SMILES string of the molecule is COCCc1nc(CNC(=O)NCc2nc(C)nn2-c2ccc3cccnc3c2)n(-c2ccc(Cl)c(F)c2)n1. The van der Waals surface area contributed by atoms with Gasteiger partial charge in [-0.2, -0.15) is 10.2 Å². The normalized spacial score (nSPS) is 11.2. The van der Waals surface area contributed by atoms with Crippen LogP contribution in [0.2, 0.25) is 5.02 Å². The molecule has 0 aliphatic rings. The number of hydrogen-bond acceptors (Lipinski definition) is 7. The smallest absolute Gasteiger partial charge is 0.315 e. The largest absolute Gasteiger partial charge is 0.384 e. The van der Waals surface area contributed by atoms with Gasteiger partial charge >= 0.3 is 6.03 Å². The predicted octanol–water partition coefficient (Wildman–Crippen LogP) is 3.69. The molecule has 2 aromatic carbocycles. The van der Waals surface area contributed by atoms with E-state index in [-0.39, 0.29) is 18.1 Å². The fourth-order valence-electron chi connectivity index (χ4n) is 3.98. The Morgan fingerprint density at radius 3 is 2.49 bits per heavy atom. The second-order valence-corrected chi connectivity index (χ2v) is 9.01. The minimum atomic E-state index is -0.582. The number of pyridine rings is 1. The highest BCUT2D eigenvalue weighted by atomic mass is 35.5. The van der Waals surface area contributed by atoms with E-state index in [4.69, 9.17) is 16.3 Å². The maximum atomic E-state index is 14.1. The van der Waals surface area contributed by atoms with Crippen LogP contribution in [0, 0.1) is 12.7 Å². The Morgan fingerprint density at radius 2 is 1.72 bits per heavy atom. The molecule has 3 heterocycles. The molecular weight excluding hydrogens is 525 g/mol. The predicted molar refractivity (Wildman–Crippen MR) is 142 cm³/mol. The third kappa shape index (κ3) is 6.02. The van der Waals surface area contributed by atoms with Gasteiger partial charge in [0.2, 0.25) is 0 Å². The van der Waals surface area contributed by atoms with Gasteiger partial charge in [0.15, 0.2) is 17.5 Å². The van der Waals surface area contributed by atoms with Crippen molar-refractivity contribution in [2.75, 3.05) is 13.7 Å². The number of aromatic nitrogens is 7. The van der Waals surface area contributed by atoms with Gasteiger partial charge in [-0.3, -0.25) is 4.98 Å². The summed E-state index contributed by atoms with van der Waals surface area (Å²) in [6, 6.07) is 13.5. The van der Waals surface area contributed by atoms with Crippen LogP contribution in [0.4, 0.5) is 9.18 Å². The molecule has 5 rings (SSSR count). The molecule has 13 heteroatoms. The van der Waals surface area contributed by atoms with E-state index in [1.807, 2.05) is 30.3 Å². The van der Waals surface area contributed by atoms with Crippen molar-refractivity contribution in [1.29, 1.82) is 0 Å². The first-order chi connectivity index (χ1) is 18.9. The van der Waals surface area contributed by atoms with Crippen molar-refractivity contribution in [3.63, 3.8) is 0 Å². The number of rotatable bonds is 9. The van der Waals surface area contributed by atoms with Gasteiger partial charge in [-0.1, -0.05) is 23.7 Å². The van der Waals surface area contributed by atoms with Crippen molar-refractivity contribution in [3.8, 4) is 11.4 Å². The molecular formula is C26H25ClFN9O2. The highest BCUT2D eigenvalue weighted by molar-refractivity contribution is 6.30. The summed E-state index contributed by atoms with van der Waals surface area (Å²) in [6.45, 7) is 2.37. The third-order valence-corrected chi connectivity index (χ3v) is 6.13. The van der Waals surface area contributed by atoms with Crippen LogP contribution in [0.3, 0.4) is 0 Å². The van der Waals surface area contributed by atoms with E-state index in [1.54, 1.807) is 31.0 Å². The number of halogens is 2. The molecule has 39 heavy (non-hydrogen) atoms. The lowest BCUT2D eigenvalue weighted by Crippen LogP contribution is -2.36. The molecule has 0 spiro atoms. The zero-order chi connectivity index (χ0) is 27.4. The topological polar surface area (TPSA) is 125 Å². The fraction of sp³-hybridized carbons (Fsp3) is 0.231. The number of nitrogens with zero attached hydrogens (tertiary/aromatic N) is 7. The van der Waals surface area contributed by atoms with E-state index < -0.39 is 11.8 Å². The maximum Gasteiger partial charge on any atom is 0.315 e. The number of methoxy groups -OCH3 is 1. The van der Waals surface area contributed by atoms with Crippen LogP contribution in [-0.2, 0) is 24.2 Å². The number of aryl methyl sites for hydroxylation is 1. The average Bonchev–Trinajstić information content (AvgIpc) is 3.53. The minimum absolute atomic E-state index is 0.000522. The fourth-order valence-corrected chi connectivity index (χ4v) is 4.09. The number of ether oxygens (including phenoxy) is 1. The summed E-state index contributed by atoms with van der Waals surface area (Å²) in [4.78, 5) is 26.1. The number of carbonyl (C=O) groups is 1. The molecule has 0 atom stereocenters. The van der Waals surface area contributed by atoms with Crippen LogP contribution in [0.1, 0.15) is 23.3 Å². The second kappa shape index (κ2) is 11.5. The lowest BCUT2D eigenvalue weighted by Gasteiger charge is -2.10. The van der Waals surface area contributed by atoms with E-state index >= 15 is 0 Å². The molecule has 11 nitrogen and oxygen atoms in total. The monoisotopic (exact) mass is 549 g/mol. The Bertz CT molecular complexity index is 1640. The van der Waals surface area contributed by atoms with E-state index in [9.17, 15) is 9.18 Å². The summed E-state index contributed by atoms with van der Waals surface area (Å²) >= 11 is 5.83. The Hall–Kier alpha value is -4.42. The van der Waals surface area contributed by atoms with E-state index in [0.717, 1.165) is 16.6 Å². The van der Waals surface area contributed by atoms with Gasteiger partial charge in [-0.15, -0.1) is 0 Å². The summed E-state index contributed by atoms with van der Waals surface area (Å²) in [6.07, 6.45) is 2.19. The van der Waals surface area contributed by atoms with Crippen LogP contribution in [-0.4, -0.2) is 54.3 Å². The molecule has 0 bridgehead atoms. The molecule has 0 saturated heterocycles. The van der Waals surface area contributed by atoms with Gasteiger partial charge in [0.25, 0.3) is 0 Å². The van der Waals surface area contributed by atoms with Crippen molar-refractivity contribution in [3.05, 3.63) is 88.9 Å². The number of hydrogen-bond donors (Lipinski definition) is 2. The molecule has 2 amide bonds. The van der Waals surface area contributed by atoms with Crippen molar-refractivity contribution in [2.24, 2.45) is 0 Å². The number of urea groups is 1. The zero-order valence-corrected chi connectivity index (χ0v) is 22.0. The minimum Gasteiger partial charge on any atom is -0.384 e. The number of amides is 2. The Balaban J connectivity index is 1.28. The molecule has 200 valence electrons. The number of carbonyl (C=O) groups excluding carboxylic acids is 1.